The molecule has 2 aliphatic rings. The first-order valence-corrected chi connectivity index (χ1v) is 20.3. The summed E-state index contributed by atoms with van der Waals surface area (Å²) in [5.74, 6) is 3.65. The molecular formula is C56H35N3O. The molecule has 0 saturated carbocycles. The lowest BCUT2D eigenvalue weighted by molar-refractivity contribution is 0.436. The van der Waals surface area contributed by atoms with Gasteiger partial charge in [-0.15, -0.1) is 0 Å². The Hall–Kier alpha value is -7.95. The minimum atomic E-state index is -0.586. The zero-order valence-electron chi connectivity index (χ0n) is 32.5. The van der Waals surface area contributed by atoms with Crippen LogP contribution in [0.4, 0.5) is 0 Å². The second-order valence-corrected chi connectivity index (χ2v) is 15.5. The predicted molar refractivity (Wildman–Crippen MR) is 242 cm³/mol. The third kappa shape index (κ3) is 5.35. The molecule has 1 aliphatic carbocycles. The molecule has 0 amide bonds. The second-order valence-electron chi connectivity index (χ2n) is 15.5. The summed E-state index contributed by atoms with van der Waals surface area (Å²) in [6.45, 7) is 0. The van der Waals surface area contributed by atoms with Gasteiger partial charge in [-0.2, -0.15) is 0 Å². The molecule has 9 aromatic carbocycles. The van der Waals surface area contributed by atoms with Gasteiger partial charge >= 0.3 is 0 Å². The summed E-state index contributed by atoms with van der Waals surface area (Å²) in [7, 11) is 0. The molecule has 10 aromatic rings. The number of hydrogen-bond donors (Lipinski definition) is 0. The smallest absolute Gasteiger partial charge is 0.164 e. The standard InChI is InChI=1S/C56H35N3O/c1-3-14-36(15-4-1)37-26-28-39(29-27-37)54-57-53(38-16-5-2-6-17-38)58-55(59-54)44-21-13-20-40(32-44)43-30-31-45-46-33-41-18-7-8-19-42(41)34-50(46)56(49(45)35-43)47-22-9-11-24-51(47)60-52-25-12-10-23-48(52)56/h1-35H. The lowest BCUT2D eigenvalue weighted by Gasteiger charge is -2.39. The molecule has 4 nitrogen and oxygen atoms in total. The highest BCUT2D eigenvalue weighted by Gasteiger charge is 2.51. The van der Waals surface area contributed by atoms with Crippen LogP contribution >= 0.6 is 0 Å². The molecule has 0 fully saturated rings. The maximum absolute atomic E-state index is 6.65. The highest BCUT2D eigenvalue weighted by atomic mass is 16.5. The Bertz CT molecular complexity index is 3240. The summed E-state index contributed by atoms with van der Waals surface area (Å²) < 4.78 is 6.65. The number of fused-ring (bicyclic) bond motifs is 10. The van der Waals surface area contributed by atoms with Crippen LogP contribution in [0.25, 0.3) is 78.3 Å². The Morgan fingerprint density at radius 3 is 1.42 bits per heavy atom. The van der Waals surface area contributed by atoms with Crippen LogP contribution in [0.1, 0.15) is 22.3 Å². The van der Waals surface area contributed by atoms with E-state index < -0.39 is 5.41 Å². The van der Waals surface area contributed by atoms with Gasteiger partial charge in [0.1, 0.15) is 11.5 Å². The van der Waals surface area contributed by atoms with Gasteiger partial charge in [-0.3, -0.25) is 0 Å². The van der Waals surface area contributed by atoms with Crippen molar-refractivity contribution in [3.8, 4) is 79.0 Å². The SMILES string of the molecule is c1ccc(-c2ccc(-c3nc(-c4ccccc4)nc(-c4cccc(-c5ccc6c(c5)C5(c7ccccc7Oc7ccccc75)c5cc7ccccc7cc5-6)c4)n3)cc2)cc1. The third-order valence-corrected chi connectivity index (χ3v) is 12.2. The first-order valence-electron chi connectivity index (χ1n) is 20.3. The molecule has 0 radical (unpaired) electrons. The van der Waals surface area contributed by atoms with Gasteiger partial charge < -0.3 is 4.74 Å². The normalized spacial score (nSPS) is 12.9. The summed E-state index contributed by atoms with van der Waals surface area (Å²) in [5.41, 5.74) is 14.0. The van der Waals surface area contributed by atoms with Crippen molar-refractivity contribution in [3.63, 3.8) is 0 Å². The zero-order chi connectivity index (χ0) is 39.6. The van der Waals surface area contributed by atoms with Crippen LogP contribution < -0.4 is 4.74 Å². The van der Waals surface area contributed by atoms with E-state index in [9.17, 15) is 0 Å². The van der Waals surface area contributed by atoms with E-state index in [4.69, 9.17) is 19.7 Å². The monoisotopic (exact) mass is 765 g/mol. The molecule has 1 aromatic heterocycles. The van der Waals surface area contributed by atoms with Crippen molar-refractivity contribution in [3.05, 3.63) is 235 Å². The van der Waals surface area contributed by atoms with Crippen molar-refractivity contribution in [2.24, 2.45) is 0 Å². The number of aromatic nitrogens is 3. The van der Waals surface area contributed by atoms with Crippen LogP contribution in [-0.4, -0.2) is 15.0 Å². The molecule has 1 spiro atoms. The Kier molecular flexibility index (Phi) is 7.72. The van der Waals surface area contributed by atoms with Crippen molar-refractivity contribution >= 4 is 10.8 Å². The summed E-state index contributed by atoms with van der Waals surface area (Å²) in [6, 6.07) is 75.1. The number of nitrogens with zero attached hydrogens (tertiary/aromatic N) is 3. The fourth-order valence-electron chi connectivity index (χ4n) is 9.39. The van der Waals surface area contributed by atoms with Gasteiger partial charge in [-0.05, 0) is 91.7 Å². The van der Waals surface area contributed by atoms with Crippen molar-refractivity contribution < 1.29 is 4.74 Å². The summed E-state index contributed by atoms with van der Waals surface area (Å²) >= 11 is 0. The van der Waals surface area contributed by atoms with Gasteiger partial charge in [0, 0.05) is 27.8 Å². The van der Waals surface area contributed by atoms with Crippen molar-refractivity contribution in [1.82, 2.24) is 15.0 Å². The summed E-state index contributed by atoms with van der Waals surface area (Å²) in [4.78, 5) is 15.2. The van der Waals surface area contributed by atoms with Crippen molar-refractivity contribution in [2.75, 3.05) is 0 Å². The average molecular weight is 766 g/mol. The first kappa shape index (κ1) is 34.1. The molecule has 0 saturated heterocycles. The number of ether oxygens (including phenoxy) is 1. The summed E-state index contributed by atoms with van der Waals surface area (Å²) in [5, 5.41) is 2.44. The predicted octanol–water partition coefficient (Wildman–Crippen LogP) is 13.8. The number of hydrogen-bond acceptors (Lipinski definition) is 4. The quantitative estimate of drug-likeness (QED) is 0.175. The lowest BCUT2D eigenvalue weighted by atomic mass is 9.65. The highest BCUT2D eigenvalue weighted by molar-refractivity contribution is 5.97. The number of rotatable bonds is 5. The Labute approximate surface area is 348 Å². The van der Waals surface area contributed by atoms with Crippen molar-refractivity contribution in [1.29, 1.82) is 0 Å². The Morgan fingerprint density at radius 2 is 0.733 bits per heavy atom. The van der Waals surface area contributed by atoms with Gasteiger partial charge in [0.2, 0.25) is 0 Å². The molecule has 4 heteroatoms. The summed E-state index contributed by atoms with van der Waals surface area (Å²) in [6.07, 6.45) is 0. The van der Waals surface area contributed by atoms with Gasteiger partial charge in [-0.25, -0.2) is 15.0 Å². The fraction of sp³-hybridized carbons (Fsp3) is 0.0179. The van der Waals surface area contributed by atoms with E-state index in [0.29, 0.717) is 17.5 Å². The molecule has 12 rings (SSSR count). The minimum absolute atomic E-state index is 0.586. The van der Waals surface area contributed by atoms with E-state index in [2.05, 4.69) is 176 Å². The average Bonchev–Trinajstić information content (AvgIpc) is 3.60. The molecule has 0 N–H and O–H groups in total. The Morgan fingerprint density at radius 1 is 0.283 bits per heavy atom. The van der Waals surface area contributed by atoms with E-state index in [1.165, 1.54) is 38.6 Å². The van der Waals surface area contributed by atoms with Crippen LogP contribution in [-0.2, 0) is 5.41 Å². The van der Waals surface area contributed by atoms with Gasteiger partial charge in [0.15, 0.2) is 17.5 Å². The fourth-order valence-corrected chi connectivity index (χ4v) is 9.39. The molecule has 60 heavy (non-hydrogen) atoms. The largest absolute Gasteiger partial charge is 0.457 e. The molecule has 280 valence electrons. The van der Waals surface area contributed by atoms with E-state index in [-0.39, 0.29) is 0 Å². The topological polar surface area (TPSA) is 47.9 Å². The minimum Gasteiger partial charge on any atom is -0.457 e. The molecule has 0 unspecified atom stereocenters. The second kappa shape index (κ2) is 13.6. The van der Waals surface area contributed by atoms with Gasteiger partial charge in [-0.1, -0.05) is 176 Å². The van der Waals surface area contributed by atoms with Gasteiger partial charge in [0.25, 0.3) is 0 Å². The van der Waals surface area contributed by atoms with E-state index in [1.54, 1.807) is 0 Å². The van der Waals surface area contributed by atoms with Crippen LogP contribution in [0.15, 0.2) is 212 Å². The first-order chi connectivity index (χ1) is 29.7. The maximum atomic E-state index is 6.65. The number of para-hydroxylation sites is 2. The third-order valence-electron chi connectivity index (χ3n) is 12.2. The maximum Gasteiger partial charge on any atom is 0.164 e. The van der Waals surface area contributed by atoms with Crippen LogP contribution in [0.5, 0.6) is 11.5 Å². The lowest BCUT2D eigenvalue weighted by Crippen LogP contribution is -2.32. The molecule has 0 atom stereocenters. The molecule has 0 bridgehead atoms. The Balaban J connectivity index is 1.02. The molecular weight excluding hydrogens is 731 g/mol. The molecule has 1 aliphatic heterocycles. The molecule has 2 heterocycles. The van der Waals surface area contributed by atoms with Crippen LogP contribution in [0.2, 0.25) is 0 Å². The number of benzene rings is 9. The zero-order valence-corrected chi connectivity index (χ0v) is 32.5. The van der Waals surface area contributed by atoms with E-state index >= 15 is 0 Å². The van der Waals surface area contributed by atoms with Crippen LogP contribution in [0, 0.1) is 0 Å². The van der Waals surface area contributed by atoms with Crippen LogP contribution in [0.3, 0.4) is 0 Å². The van der Waals surface area contributed by atoms with Gasteiger partial charge in [0.05, 0.1) is 5.41 Å². The van der Waals surface area contributed by atoms with E-state index in [0.717, 1.165) is 56.0 Å². The van der Waals surface area contributed by atoms with Crippen molar-refractivity contribution in [2.45, 2.75) is 5.41 Å². The highest BCUT2D eigenvalue weighted by Crippen LogP contribution is 2.63. The van der Waals surface area contributed by atoms with E-state index in [1.807, 2.05) is 36.4 Å².